The first kappa shape index (κ1) is 13.6. The van der Waals surface area contributed by atoms with Crippen molar-refractivity contribution >= 4 is 27.3 Å². The van der Waals surface area contributed by atoms with Crippen LogP contribution in [-0.4, -0.2) is 16.6 Å². The Morgan fingerprint density at radius 3 is 2.94 bits per heavy atom. The zero-order chi connectivity index (χ0) is 13.3. The van der Waals surface area contributed by atoms with Crippen LogP contribution in [0.2, 0.25) is 0 Å². The first-order chi connectivity index (χ1) is 8.52. The van der Waals surface area contributed by atoms with Crippen LogP contribution in [0.3, 0.4) is 0 Å². The van der Waals surface area contributed by atoms with E-state index >= 15 is 0 Å². The molecule has 0 fully saturated rings. The number of aliphatic hydroxyl groups excluding tert-OH is 1. The molecule has 3 N–H and O–H groups in total. The molecule has 0 aliphatic carbocycles. The van der Waals surface area contributed by atoms with Crippen LogP contribution in [-0.2, 0) is 0 Å². The molecule has 0 aliphatic rings. The molecule has 0 aliphatic heterocycles. The summed E-state index contributed by atoms with van der Waals surface area (Å²) in [7, 11) is 0. The van der Waals surface area contributed by atoms with Gasteiger partial charge in [0.1, 0.15) is 16.9 Å². The van der Waals surface area contributed by atoms with Crippen molar-refractivity contribution in [1.29, 1.82) is 0 Å². The molecule has 96 valence electrons. The van der Waals surface area contributed by atoms with Crippen molar-refractivity contribution in [1.82, 2.24) is 4.98 Å². The molecule has 1 heterocycles. The van der Waals surface area contributed by atoms with Crippen LogP contribution in [0.15, 0.2) is 22.7 Å². The average Bonchev–Trinajstić information content (AvgIpc) is 2.73. The number of hydrogen-bond acceptors (Lipinski definition) is 4. The molecule has 0 saturated carbocycles. The Hall–Kier alpha value is -0.820. The Morgan fingerprint density at radius 2 is 2.28 bits per heavy atom. The lowest BCUT2D eigenvalue weighted by atomic mass is 10.2. The maximum Gasteiger partial charge on any atom is 0.133 e. The third kappa shape index (κ3) is 2.61. The Labute approximate surface area is 117 Å². The van der Waals surface area contributed by atoms with Gasteiger partial charge in [-0.2, -0.15) is 0 Å². The number of aromatic nitrogens is 1. The van der Waals surface area contributed by atoms with Crippen molar-refractivity contribution in [3.63, 3.8) is 0 Å². The van der Waals surface area contributed by atoms with Crippen molar-refractivity contribution in [3.8, 4) is 10.6 Å². The van der Waals surface area contributed by atoms with Gasteiger partial charge in [0.25, 0.3) is 0 Å². The fraction of sp³-hybridized carbons (Fsp3) is 0.250. The van der Waals surface area contributed by atoms with E-state index in [1.165, 1.54) is 17.4 Å². The number of benzene rings is 1. The molecule has 1 aromatic heterocycles. The molecule has 0 radical (unpaired) electrons. The molecule has 6 heteroatoms. The number of nitrogens with two attached hydrogens (primary N) is 1. The van der Waals surface area contributed by atoms with Crippen LogP contribution >= 0.6 is 27.3 Å². The highest BCUT2D eigenvalue weighted by Gasteiger charge is 2.17. The van der Waals surface area contributed by atoms with E-state index in [4.69, 9.17) is 5.73 Å². The predicted octanol–water partition coefficient (Wildman–Crippen LogP) is 3.01. The van der Waals surface area contributed by atoms with Crippen LogP contribution in [0.5, 0.6) is 0 Å². The molecule has 2 aromatic rings. The maximum absolute atomic E-state index is 13.7. The summed E-state index contributed by atoms with van der Waals surface area (Å²) in [4.78, 5) is 4.98. The van der Waals surface area contributed by atoms with Gasteiger partial charge in [-0.25, -0.2) is 9.37 Å². The number of hydrogen-bond donors (Lipinski definition) is 2. The van der Waals surface area contributed by atoms with Gasteiger partial charge in [-0.3, -0.25) is 0 Å². The average molecular weight is 331 g/mol. The number of aliphatic hydroxyl groups is 1. The summed E-state index contributed by atoms with van der Waals surface area (Å²) < 4.78 is 14.5. The third-order valence-electron chi connectivity index (χ3n) is 2.52. The number of thiazole rings is 1. The molecule has 0 spiro atoms. The number of halogens is 2. The van der Waals surface area contributed by atoms with Crippen molar-refractivity contribution < 1.29 is 9.50 Å². The first-order valence-electron chi connectivity index (χ1n) is 5.33. The summed E-state index contributed by atoms with van der Waals surface area (Å²) >= 11 is 4.57. The smallest absolute Gasteiger partial charge is 0.133 e. The molecule has 3 nitrogen and oxygen atoms in total. The van der Waals surface area contributed by atoms with Gasteiger partial charge in [0.05, 0.1) is 10.6 Å². The van der Waals surface area contributed by atoms with Gasteiger partial charge < -0.3 is 10.8 Å². The SMILES string of the molecule is Cc1nc(-c2cc(Br)ccc2F)sc1C(O)CN. The normalized spacial score (nSPS) is 12.7. The molecule has 18 heavy (non-hydrogen) atoms. The van der Waals surface area contributed by atoms with Crippen molar-refractivity contribution in [2.45, 2.75) is 13.0 Å². The van der Waals surface area contributed by atoms with Gasteiger partial charge in [0.15, 0.2) is 0 Å². The molecule has 1 aromatic carbocycles. The fourth-order valence-corrected chi connectivity index (χ4v) is 3.04. The zero-order valence-corrected chi connectivity index (χ0v) is 12.1. The maximum atomic E-state index is 13.7. The summed E-state index contributed by atoms with van der Waals surface area (Å²) in [6.45, 7) is 1.91. The monoisotopic (exact) mass is 330 g/mol. The summed E-state index contributed by atoms with van der Waals surface area (Å²) in [6.07, 6.45) is -0.744. The van der Waals surface area contributed by atoms with E-state index in [2.05, 4.69) is 20.9 Å². The molecule has 1 unspecified atom stereocenters. The highest BCUT2D eigenvalue weighted by molar-refractivity contribution is 9.10. The largest absolute Gasteiger partial charge is 0.386 e. The Balaban J connectivity index is 2.49. The van der Waals surface area contributed by atoms with Gasteiger partial charge in [-0.15, -0.1) is 11.3 Å². The molecule has 0 bridgehead atoms. The summed E-state index contributed by atoms with van der Waals surface area (Å²) in [5, 5.41) is 10.3. The second-order valence-electron chi connectivity index (χ2n) is 3.84. The van der Waals surface area contributed by atoms with Crippen molar-refractivity contribution in [2.24, 2.45) is 5.73 Å². The molecule has 0 saturated heterocycles. The van der Waals surface area contributed by atoms with Gasteiger partial charge in [0, 0.05) is 16.6 Å². The Morgan fingerprint density at radius 1 is 1.56 bits per heavy atom. The molecule has 0 amide bonds. The lowest BCUT2D eigenvalue weighted by Crippen LogP contribution is -2.10. The molecular weight excluding hydrogens is 319 g/mol. The first-order valence-corrected chi connectivity index (χ1v) is 6.94. The standard InChI is InChI=1S/C12H12BrFN2OS/c1-6-11(10(17)5-15)18-12(16-6)8-4-7(13)2-3-9(8)14/h2-4,10,17H,5,15H2,1H3. The molecular formula is C12H12BrFN2OS. The van der Waals surface area contributed by atoms with Gasteiger partial charge in [0.2, 0.25) is 0 Å². The fourth-order valence-electron chi connectivity index (χ4n) is 1.60. The number of rotatable bonds is 3. The summed E-state index contributed by atoms with van der Waals surface area (Å²) in [5.74, 6) is -0.333. The van der Waals surface area contributed by atoms with E-state index in [0.717, 1.165) is 4.47 Å². The van der Waals surface area contributed by atoms with Crippen LogP contribution in [0.25, 0.3) is 10.6 Å². The topological polar surface area (TPSA) is 59.1 Å². The minimum atomic E-state index is -0.744. The quantitative estimate of drug-likeness (QED) is 0.909. The number of nitrogens with zero attached hydrogens (tertiary/aromatic N) is 1. The minimum absolute atomic E-state index is 0.128. The van der Waals surface area contributed by atoms with Crippen molar-refractivity contribution in [3.05, 3.63) is 39.1 Å². The lowest BCUT2D eigenvalue weighted by molar-refractivity contribution is 0.189. The molecule has 2 rings (SSSR count). The van der Waals surface area contributed by atoms with Crippen LogP contribution < -0.4 is 5.73 Å². The Bertz CT molecular complexity index is 573. The number of aryl methyl sites for hydroxylation is 1. The van der Waals surface area contributed by atoms with E-state index in [0.29, 0.717) is 21.1 Å². The minimum Gasteiger partial charge on any atom is -0.386 e. The van der Waals surface area contributed by atoms with Crippen LogP contribution in [0.1, 0.15) is 16.7 Å². The predicted molar refractivity (Wildman–Crippen MR) is 74.0 cm³/mol. The van der Waals surface area contributed by atoms with Gasteiger partial charge >= 0.3 is 0 Å². The lowest BCUT2D eigenvalue weighted by Gasteiger charge is -2.04. The van der Waals surface area contributed by atoms with Crippen LogP contribution in [0.4, 0.5) is 4.39 Å². The summed E-state index contributed by atoms with van der Waals surface area (Å²) in [6, 6.07) is 4.69. The summed E-state index contributed by atoms with van der Waals surface area (Å²) in [5.41, 5.74) is 6.53. The molecule has 1 atom stereocenters. The highest BCUT2D eigenvalue weighted by Crippen LogP contribution is 2.34. The second-order valence-corrected chi connectivity index (χ2v) is 5.79. The van der Waals surface area contributed by atoms with E-state index in [1.54, 1.807) is 19.1 Å². The highest BCUT2D eigenvalue weighted by atomic mass is 79.9. The third-order valence-corrected chi connectivity index (χ3v) is 4.30. The van der Waals surface area contributed by atoms with Crippen LogP contribution in [0, 0.1) is 12.7 Å². The zero-order valence-electron chi connectivity index (χ0n) is 9.65. The second kappa shape index (κ2) is 5.44. The Kier molecular flexibility index (Phi) is 4.11. The van der Waals surface area contributed by atoms with Gasteiger partial charge in [-0.1, -0.05) is 15.9 Å². The van der Waals surface area contributed by atoms with E-state index < -0.39 is 6.10 Å². The van der Waals surface area contributed by atoms with Gasteiger partial charge in [-0.05, 0) is 25.1 Å². The van der Waals surface area contributed by atoms with Crippen molar-refractivity contribution in [2.75, 3.05) is 6.54 Å². The van der Waals surface area contributed by atoms with E-state index in [9.17, 15) is 9.50 Å². The van der Waals surface area contributed by atoms with E-state index in [-0.39, 0.29) is 12.4 Å². The van der Waals surface area contributed by atoms with E-state index in [1.807, 2.05) is 0 Å².